The van der Waals surface area contributed by atoms with Crippen molar-refractivity contribution < 1.29 is 4.79 Å². The summed E-state index contributed by atoms with van der Waals surface area (Å²) < 4.78 is 0. The van der Waals surface area contributed by atoms with Crippen molar-refractivity contribution in [3.8, 4) is 0 Å². The zero-order valence-corrected chi connectivity index (χ0v) is 19.1. The van der Waals surface area contributed by atoms with Crippen LogP contribution in [0.3, 0.4) is 0 Å². The van der Waals surface area contributed by atoms with E-state index in [0.717, 1.165) is 48.4 Å². The molecule has 1 fully saturated rings. The highest BCUT2D eigenvalue weighted by Crippen LogP contribution is 2.26. The van der Waals surface area contributed by atoms with Crippen LogP contribution in [0.15, 0.2) is 84.0 Å². The Morgan fingerprint density at radius 2 is 2.00 bits per heavy atom. The fraction of sp³-hybridized carbons (Fsp3) is 0.222. The lowest BCUT2D eigenvalue weighted by molar-refractivity contribution is 0.0930. The van der Waals surface area contributed by atoms with E-state index < -0.39 is 0 Å². The van der Waals surface area contributed by atoms with Gasteiger partial charge in [-0.25, -0.2) is 4.98 Å². The standard InChI is InChI=1S/C27H26N4OS/c32-26(22-4-2-15-28-18-22)30-23-11-8-19(9-12-23)6-7-20-3-1-5-24(17-20)29-25-13-10-21-14-16-33-27(21)31-25/h1-6,10,13-18,23H,7-9,11-12H2,(H,29,31)(H,30,32). The lowest BCUT2D eigenvalue weighted by Crippen LogP contribution is -2.36. The number of benzene rings is 1. The molecule has 5 rings (SSSR count). The van der Waals surface area contributed by atoms with Gasteiger partial charge in [0.05, 0.1) is 5.56 Å². The summed E-state index contributed by atoms with van der Waals surface area (Å²) in [4.78, 5) is 22.1. The van der Waals surface area contributed by atoms with Crippen LogP contribution >= 0.6 is 11.3 Å². The topological polar surface area (TPSA) is 66.9 Å². The molecule has 1 amide bonds. The van der Waals surface area contributed by atoms with Crippen molar-refractivity contribution in [1.82, 2.24) is 15.3 Å². The van der Waals surface area contributed by atoms with Crippen LogP contribution in [0.2, 0.25) is 0 Å². The molecule has 2 N–H and O–H groups in total. The number of allylic oxidation sites excluding steroid dienone is 2. The molecule has 0 radical (unpaired) electrons. The summed E-state index contributed by atoms with van der Waals surface area (Å²) in [5.74, 6) is 0.838. The predicted molar refractivity (Wildman–Crippen MR) is 135 cm³/mol. The highest BCUT2D eigenvalue weighted by molar-refractivity contribution is 7.16. The van der Waals surface area contributed by atoms with Gasteiger partial charge in [-0.1, -0.05) is 23.8 Å². The van der Waals surface area contributed by atoms with Gasteiger partial charge >= 0.3 is 0 Å². The Morgan fingerprint density at radius 3 is 2.85 bits per heavy atom. The second kappa shape index (κ2) is 9.96. The molecule has 1 aliphatic rings. The third kappa shape index (κ3) is 5.46. The molecule has 5 nitrogen and oxygen atoms in total. The molecule has 0 spiro atoms. The van der Waals surface area contributed by atoms with E-state index in [-0.39, 0.29) is 11.9 Å². The van der Waals surface area contributed by atoms with Crippen LogP contribution in [-0.4, -0.2) is 21.9 Å². The maximum absolute atomic E-state index is 12.3. The number of anilines is 2. The Morgan fingerprint density at radius 1 is 1.09 bits per heavy atom. The van der Waals surface area contributed by atoms with Crippen LogP contribution in [0.5, 0.6) is 0 Å². The number of hydrogen-bond donors (Lipinski definition) is 2. The van der Waals surface area contributed by atoms with Gasteiger partial charge in [0.25, 0.3) is 5.91 Å². The monoisotopic (exact) mass is 454 g/mol. The van der Waals surface area contributed by atoms with Crippen LogP contribution in [0.1, 0.15) is 41.6 Å². The summed E-state index contributed by atoms with van der Waals surface area (Å²) in [7, 11) is 0. The van der Waals surface area contributed by atoms with Gasteiger partial charge in [-0.05, 0) is 85.5 Å². The fourth-order valence-corrected chi connectivity index (χ4v) is 4.97. The number of thiophene rings is 1. The number of rotatable bonds is 6. The summed E-state index contributed by atoms with van der Waals surface area (Å²) in [5, 5.41) is 9.83. The highest BCUT2D eigenvalue weighted by Gasteiger charge is 2.19. The fourth-order valence-electron chi connectivity index (χ4n) is 4.20. The van der Waals surface area contributed by atoms with Crippen LogP contribution in [0, 0.1) is 0 Å². The minimum Gasteiger partial charge on any atom is -0.349 e. The number of carbonyl (C=O) groups is 1. The van der Waals surface area contributed by atoms with E-state index in [9.17, 15) is 4.79 Å². The van der Waals surface area contributed by atoms with Gasteiger partial charge in [-0.15, -0.1) is 11.3 Å². The lowest BCUT2D eigenvalue weighted by atomic mass is 9.89. The lowest BCUT2D eigenvalue weighted by Gasteiger charge is -2.25. The molecular formula is C27H26N4OS. The third-order valence-electron chi connectivity index (χ3n) is 6.03. The van der Waals surface area contributed by atoms with E-state index in [2.05, 4.69) is 68.5 Å². The first-order valence-corrected chi connectivity index (χ1v) is 12.2. The Kier molecular flexibility index (Phi) is 6.44. The SMILES string of the molecule is O=C(NC1CCC(=CCc2cccc(Nc3ccc4ccsc4n3)c2)CC1)c1cccnc1. The van der Waals surface area contributed by atoms with Crippen LogP contribution in [0.4, 0.5) is 11.5 Å². The number of pyridine rings is 2. The van der Waals surface area contributed by atoms with Crippen molar-refractivity contribution in [3.63, 3.8) is 0 Å². The van der Waals surface area contributed by atoms with Gasteiger partial charge in [0.2, 0.25) is 0 Å². The normalized spacial score (nSPS) is 15.9. The van der Waals surface area contributed by atoms with Gasteiger partial charge in [0.15, 0.2) is 0 Å². The minimum atomic E-state index is -0.0300. The van der Waals surface area contributed by atoms with E-state index >= 15 is 0 Å². The molecule has 0 atom stereocenters. The Bertz CT molecular complexity index is 1270. The quantitative estimate of drug-likeness (QED) is 0.337. The van der Waals surface area contributed by atoms with Crippen molar-refractivity contribution >= 4 is 39.0 Å². The van der Waals surface area contributed by atoms with Crippen LogP contribution in [0.25, 0.3) is 10.2 Å². The summed E-state index contributed by atoms with van der Waals surface area (Å²) in [5.41, 5.74) is 4.43. The molecule has 33 heavy (non-hydrogen) atoms. The highest BCUT2D eigenvalue weighted by atomic mass is 32.1. The first-order valence-electron chi connectivity index (χ1n) is 11.3. The number of fused-ring (bicyclic) bond motifs is 1. The van der Waals surface area contributed by atoms with E-state index in [4.69, 9.17) is 0 Å². The zero-order valence-electron chi connectivity index (χ0n) is 18.3. The summed E-state index contributed by atoms with van der Waals surface area (Å²) in [6.45, 7) is 0. The molecule has 3 aromatic heterocycles. The number of hydrogen-bond acceptors (Lipinski definition) is 5. The second-order valence-corrected chi connectivity index (χ2v) is 9.29. The number of carbonyl (C=O) groups excluding carboxylic acids is 1. The molecule has 3 heterocycles. The van der Waals surface area contributed by atoms with Gasteiger partial charge in [0, 0.05) is 29.5 Å². The minimum absolute atomic E-state index is 0.0300. The first-order chi connectivity index (χ1) is 16.2. The van der Waals surface area contributed by atoms with Gasteiger partial charge < -0.3 is 10.6 Å². The van der Waals surface area contributed by atoms with Crippen molar-refractivity contribution in [1.29, 1.82) is 0 Å². The molecule has 1 saturated carbocycles. The number of amides is 1. The zero-order chi connectivity index (χ0) is 22.5. The molecular weight excluding hydrogens is 428 g/mol. The molecule has 0 unspecified atom stereocenters. The van der Waals surface area contributed by atoms with E-state index in [1.54, 1.807) is 35.9 Å². The maximum Gasteiger partial charge on any atom is 0.253 e. The average molecular weight is 455 g/mol. The van der Waals surface area contributed by atoms with Crippen molar-refractivity contribution in [2.75, 3.05) is 5.32 Å². The number of nitrogens with one attached hydrogen (secondary N) is 2. The molecule has 166 valence electrons. The third-order valence-corrected chi connectivity index (χ3v) is 6.85. The van der Waals surface area contributed by atoms with Crippen molar-refractivity contribution in [2.45, 2.75) is 38.1 Å². The molecule has 0 saturated heterocycles. The van der Waals surface area contributed by atoms with Crippen molar-refractivity contribution in [3.05, 3.63) is 95.1 Å². The van der Waals surface area contributed by atoms with Gasteiger partial charge in [-0.3, -0.25) is 9.78 Å². The summed E-state index contributed by atoms with van der Waals surface area (Å²) in [6, 6.07) is 18.6. The van der Waals surface area contributed by atoms with E-state index in [1.807, 2.05) is 6.07 Å². The summed E-state index contributed by atoms with van der Waals surface area (Å²) in [6.07, 6.45) is 10.6. The largest absolute Gasteiger partial charge is 0.349 e. The Balaban J connectivity index is 1.14. The first kappa shape index (κ1) is 21.3. The smallest absolute Gasteiger partial charge is 0.253 e. The second-order valence-electron chi connectivity index (χ2n) is 8.39. The van der Waals surface area contributed by atoms with Crippen LogP contribution < -0.4 is 10.6 Å². The maximum atomic E-state index is 12.3. The molecule has 0 aliphatic heterocycles. The van der Waals surface area contributed by atoms with Gasteiger partial charge in [-0.2, -0.15) is 0 Å². The number of aromatic nitrogens is 2. The van der Waals surface area contributed by atoms with Crippen LogP contribution in [-0.2, 0) is 6.42 Å². The molecule has 0 bridgehead atoms. The molecule has 6 heteroatoms. The summed E-state index contributed by atoms with van der Waals surface area (Å²) >= 11 is 1.66. The average Bonchev–Trinajstić information content (AvgIpc) is 3.32. The molecule has 4 aromatic rings. The molecule has 1 aromatic carbocycles. The Hall–Kier alpha value is -3.51. The van der Waals surface area contributed by atoms with Gasteiger partial charge in [0.1, 0.15) is 10.6 Å². The predicted octanol–water partition coefficient (Wildman–Crippen LogP) is 6.28. The number of nitrogens with zero attached hydrogens (tertiary/aromatic N) is 2. The molecule has 1 aliphatic carbocycles. The van der Waals surface area contributed by atoms with E-state index in [1.165, 1.54) is 16.5 Å². The Labute approximate surface area is 197 Å². The van der Waals surface area contributed by atoms with E-state index in [0.29, 0.717) is 5.56 Å². The van der Waals surface area contributed by atoms with Crippen molar-refractivity contribution in [2.24, 2.45) is 0 Å².